The minimum absolute atomic E-state index is 0.0196. The molecule has 0 spiro atoms. The number of aromatic hydroxyl groups is 1. The van der Waals surface area contributed by atoms with Crippen molar-refractivity contribution in [2.75, 3.05) is 6.61 Å². The molecule has 0 amide bonds. The van der Waals surface area contributed by atoms with Crippen LogP contribution in [0.15, 0.2) is 59.4 Å². The van der Waals surface area contributed by atoms with Crippen LogP contribution in [0.25, 0.3) is 11.4 Å². The number of hydrogen-bond donors (Lipinski definition) is 1. The number of phenolic OH excluding ortho intramolecular Hbond substituents is 1. The lowest BCUT2D eigenvalue weighted by Gasteiger charge is -2.16. The number of nitrogens with zero attached hydrogens (tertiary/aromatic N) is 2. The molecule has 0 fully saturated rings. The van der Waals surface area contributed by atoms with Gasteiger partial charge in [0.25, 0.3) is 5.56 Å². The fraction of sp³-hybridized carbons (Fsp3) is 0.227. The van der Waals surface area contributed by atoms with Gasteiger partial charge in [-0.3, -0.25) is 9.36 Å². The average molecular weight is 378 g/mol. The molecule has 0 radical (unpaired) electrons. The van der Waals surface area contributed by atoms with E-state index in [1.165, 1.54) is 10.6 Å². The number of carbonyl (C=O) groups excluding carboxylic acids is 1. The number of hydrogen-bond acceptors (Lipinski definition) is 5. The third-order valence-electron chi connectivity index (χ3n) is 4.44. The van der Waals surface area contributed by atoms with Crippen LogP contribution in [-0.4, -0.2) is 27.2 Å². The van der Waals surface area contributed by atoms with Crippen LogP contribution >= 0.6 is 0 Å². The Balaban J connectivity index is 2.14. The van der Waals surface area contributed by atoms with Gasteiger partial charge in [-0.1, -0.05) is 42.5 Å². The number of esters is 1. The van der Waals surface area contributed by atoms with Gasteiger partial charge in [0.1, 0.15) is 17.1 Å². The molecule has 3 rings (SSSR count). The van der Waals surface area contributed by atoms with Crippen LogP contribution < -0.4 is 5.56 Å². The summed E-state index contributed by atoms with van der Waals surface area (Å²) >= 11 is 0. The summed E-state index contributed by atoms with van der Waals surface area (Å²) in [7, 11) is 0. The highest BCUT2D eigenvalue weighted by molar-refractivity contribution is 5.90. The lowest BCUT2D eigenvalue weighted by Crippen LogP contribution is -2.32. The summed E-state index contributed by atoms with van der Waals surface area (Å²) in [4.78, 5) is 30.0. The Bertz CT molecular complexity index is 1040. The Kier molecular flexibility index (Phi) is 5.89. The van der Waals surface area contributed by atoms with E-state index in [1.807, 2.05) is 30.3 Å². The molecule has 0 saturated heterocycles. The number of para-hydroxylation sites is 1. The molecule has 0 aliphatic carbocycles. The number of aromatic nitrogens is 2. The summed E-state index contributed by atoms with van der Waals surface area (Å²) < 4.78 is 6.47. The van der Waals surface area contributed by atoms with Crippen molar-refractivity contribution in [3.63, 3.8) is 0 Å². The normalized spacial score (nSPS) is 10.6. The zero-order valence-electron chi connectivity index (χ0n) is 15.9. The van der Waals surface area contributed by atoms with Crippen LogP contribution in [0.2, 0.25) is 0 Å². The van der Waals surface area contributed by atoms with Crippen LogP contribution in [0.5, 0.6) is 5.75 Å². The van der Waals surface area contributed by atoms with Gasteiger partial charge in [0.15, 0.2) is 0 Å². The van der Waals surface area contributed by atoms with E-state index in [0.717, 1.165) is 5.56 Å². The highest BCUT2D eigenvalue weighted by Gasteiger charge is 2.22. The summed E-state index contributed by atoms with van der Waals surface area (Å²) in [6, 6.07) is 16.4. The Labute approximate surface area is 163 Å². The number of rotatable bonds is 6. The average Bonchev–Trinajstić information content (AvgIpc) is 2.68. The van der Waals surface area contributed by atoms with E-state index in [2.05, 4.69) is 4.98 Å². The molecular weight excluding hydrogens is 356 g/mol. The van der Waals surface area contributed by atoms with Gasteiger partial charge in [0.05, 0.1) is 17.9 Å². The second kappa shape index (κ2) is 8.52. The Morgan fingerprint density at radius 3 is 2.46 bits per heavy atom. The van der Waals surface area contributed by atoms with Crippen molar-refractivity contribution in [2.24, 2.45) is 0 Å². The molecule has 0 unspecified atom stereocenters. The van der Waals surface area contributed by atoms with Crippen molar-refractivity contribution >= 4 is 5.97 Å². The largest absolute Gasteiger partial charge is 0.507 e. The standard InChI is InChI=1S/C22H22N2O4/c1-3-28-22(27)19-15(2)23-20(17-11-7-8-12-18(17)25)24(21(19)26)14-13-16-9-5-4-6-10-16/h4-12,25H,3,13-14H2,1-2H3. The third-order valence-corrected chi connectivity index (χ3v) is 4.44. The third kappa shape index (κ3) is 3.96. The van der Waals surface area contributed by atoms with Crippen molar-refractivity contribution in [1.82, 2.24) is 9.55 Å². The summed E-state index contributed by atoms with van der Waals surface area (Å²) in [6.07, 6.45) is 0.578. The predicted octanol–water partition coefficient (Wildman–Crippen LogP) is 3.34. The first-order valence-corrected chi connectivity index (χ1v) is 9.13. The maximum absolute atomic E-state index is 13.2. The molecule has 2 aromatic carbocycles. The van der Waals surface area contributed by atoms with Crippen LogP contribution in [0.3, 0.4) is 0 Å². The summed E-state index contributed by atoms with van der Waals surface area (Å²) in [5.41, 5.74) is 1.22. The molecule has 6 nitrogen and oxygen atoms in total. The molecule has 0 aliphatic heterocycles. The molecule has 3 aromatic rings. The number of carbonyl (C=O) groups is 1. The van der Waals surface area contributed by atoms with E-state index in [0.29, 0.717) is 24.4 Å². The minimum Gasteiger partial charge on any atom is -0.507 e. The smallest absolute Gasteiger partial charge is 0.345 e. The molecule has 1 heterocycles. The van der Waals surface area contributed by atoms with Gasteiger partial charge in [-0.25, -0.2) is 9.78 Å². The highest BCUT2D eigenvalue weighted by atomic mass is 16.5. The lowest BCUT2D eigenvalue weighted by molar-refractivity contribution is 0.0522. The predicted molar refractivity (Wildman–Crippen MR) is 106 cm³/mol. The molecular formula is C22H22N2O4. The monoisotopic (exact) mass is 378 g/mol. The van der Waals surface area contributed by atoms with Crippen molar-refractivity contribution in [2.45, 2.75) is 26.8 Å². The molecule has 0 aliphatic rings. The van der Waals surface area contributed by atoms with Crippen LogP contribution in [0, 0.1) is 6.92 Å². The van der Waals surface area contributed by atoms with Gasteiger partial charge in [-0.05, 0) is 38.0 Å². The number of phenols is 1. The van der Waals surface area contributed by atoms with E-state index in [-0.39, 0.29) is 23.6 Å². The number of benzene rings is 2. The SMILES string of the molecule is CCOC(=O)c1c(C)nc(-c2ccccc2O)n(CCc2ccccc2)c1=O. The first-order chi connectivity index (χ1) is 13.5. The Morgan fingerprint density at radius 1 is 1.11 bits per heavy atom. The molecule has 0 atom stereocenters. The molecule has 6 heteroatoms. The van der Waals surface area contributed by atoms with Crippen LogP contribution in [-0.2, 0) is 17.7 Å². The summed E-state index contributed by atoms with van der Waals surface area (Å²) in [6.45, 7) is 3.76. The fourth-order valence-electron chi connectivity index (χ4n) is 3.06. The highest BCUT2D eigenvalue weighted by Crippen LogP contribution is 2.27. The second-order valence-corrected chi connectivity index (χ2v) is 6.33. The zero-order chi connectivity index (χ0) is 20.1. The van der Waals surface area contributed by atoms with Gasteiger partial charge < -0.3 is 9.84 Å². The molecule has 144 valence electrons. The van der Waals surface area contributed by atoms with E-state index in [1.54, 1.807) is 32.0 Å². The maximum atomic E-state index is 13.2. The van der Waals surface area contributed by atoms with Gasteiger partial charge in [-0.15, -0.1) is 0 Å². The molecule has 1 aromatic heterocycles. The van der Waals surface area contributed by atoms with Crippen LogP contribution in [0.4, 0.5) is 0 Å². The molecule has 0 saturated carbocycles. The van der Waals surface area contributed by atoms with Crippen LogP contribution in [0.1, 0.15) is 28.5 Å². The van der Waals surface area contributed by atoms with E-state index < -0.39 is 11.5 Å². The first kappa shape index (κ1) is 19.4. The van der Waals surface area contributed by atoms with E-state index in [9.17, 15) is 14.7 Å². The van der Waals surface area contributed by atoms with Crippen molar-refractivity contribution in [1.29, 1.82) is 0 Å². The van der Waals surface area contributed by atoms with E-state index >= 15 is 0 Å². The fourth-order valence-corrected chi connectivity index (χ4v) is 3.06. The van der Waals surface area contributed by atoms with Crippen molar-refractivity contribution in [3.05, 3.63) is 81.8 Å². The summed E-state index contributed by atoms with van der Waals surface area (Å²) in [5.74, 6) is -0.342. The zero-order valence-corrected chi connectivity index (χ0v) is 15.9. The summed E-state index contributed by atoms with van der Waals surface area (Å²) in [5, 5.41) is 10.3. The second-order valence-electron chi connectivity index (χ2n) is 6.33. The van der Waals surface area contributed by atoms with Gasteiger partial charge >= 0.3 is 5.97 Å². The lowest BCUT2D eigenvalue weighted by atomic mass is 10.1. The van der Waals surface area contributed by atoms with Crippen molar-refractivity contribution in [3.8, 4) is 17.1 Å². The Hall–Kier alpha value is -3.41. The minimum atomic E-state index is -0.685. The topological polar surface area (TPSA) is 81.4 Å². The molecule has 28 heavy (non-hydrogen) atoms. The molecule has 0 bridgehead atoms. The first-order valence-electron chi connectivity index (χ1n) is 9.13. The maximum Gasteiger partial charge on any atom is 0.345 e. The molecule has 1 N–H and O–H groups in total. The Morgan fingerprint density at radius 2 is 1.79 bits per heavy atom. The quantitative estimate of drug-likeness (QED) is 0.665. The van der Waals surface area contributed by atoms with Gasteiger partial charge in [0, 0.05) is 6.54 Å². The van der Waals surface area contributed by atoms with Gasteiger partial charge in [-0.2, -0.15) is 0 Å². The number of ether oxygens (including phenoxy) is 1. The number of aryl methyl sites for hydroxylation is 2. The van der Waals surface area contributed by atoms with Crippen molar-refractivity contribution < 1.29 is 14.6 Å². The van der Waals surface area contributed by atoms with Gasteiger partial charge in [0.2, 0.25) is 0 Å². The van der Waals surface area contributed by atoms with E-state index in [4.69, 9.17) is 4.74 Å².